The Morgan fingerprint density at radius 3 is 2.28 bits per heavy atom. The molecule has 0 saturated carbocycles. The number of sulfonamides is 1. The maximum absolute atomic E-state index is 12.1. The first-order valence-corrected chi connectivity index (χ1v) is 9.80. The molecule has 2 N–H and O–H groups in total. The number of halogens is 1. The highest BCUT2D eigenvalue weighted by Gasteiger charge is 2.12. The van der Waals surface area contributed by atoms with Crippen LogP contribution in [0.5, 0.6) is 0 Å². The van der Waals surface area contributed by atoms with E-state index in [1.807, 2.05) is 19.1 Å². The number of hydrogen-bond donors (Lipinski definition) is 2. The molecule has 0 aliphatic heterocycles. The standard InChI is InChI=1S/C18H21ClN2O3S/c1-14-2-9-17(10-3-14)25(23,24)21-13-12-20-18(22)11-6-15-4-7-16(19)8-5-15/h2-5,7-10,21H,6,11-13H2,1H3,(H,20,22). The predicted molar refractivity (Wildman–Crippen MR) is 99.2 cm³/mol. The molecule has 0 aliphatic rings. The highest BCUT2D eigenvalue weighted by molar-refractivity contribution is 7.89. The van der Waals surface area contributed by atoms with Crippen LogP contribution < -0.4 is 10.0 Å². The molecule has 0 bridgehead atoms. The molecular weight excluding hydrogens is 360 g/mol. The second kappa shape index (κ2) is 8.99. The molecule has 1 amide bonds. The molecule has 0 heterocycles. The minimum Gasteiger partial charge on any atom is -0.355 e. The van der Waals surface area contributed by atoms with E-state index in [4.69, 9.17) is 11.6 Å². The molecule has 0 radical (unpaired) electrons. The van der Waals surface area contributed by atoms with Gasteiger partial charge in [-0.3, -0.25) is 4.79 Å². The number of rotatable bonds is 8. The third-order valence-corrected chi connectivity index (χ3v) is 5.35. The van der Waals surface area contributed by atoms with Crippen LogP contribution >= 0.6 is 11.6 Å². The minimum absolute atomic E-state index is 0.121. The molecule has 2 rings (SSSR count). The summed E-state index contributed by atoms with van der Waals surface area (Å²) in [5, 5.41) is 3.37. The van der Waals surface area contributed by atoms with Crippen molar-refractivity contribution < 1.29 is 13.2 Å². The number of hydrogen-bond acceptors (Lipinski definition) is 3. The lowest BCUT2D eigenvalue weighted by Crippen LogP contribution is -2.34. The summed E-state index contributed by atoms with van der Waals surface area (Å²) >= 11 is 5.81. The van der Waals surface area contributed by atoms with Gasteiger partial charge in [-0.1, -0.05) is 41.4 Å². The maximum atomic E-state index is 12.1. The first-order chi connectivity index (χ1) is 11.9. The molecular formula is C18H21ClN2O3S. The zero-order valence-electron chi connectivity index (χ0n) is 14.0. The summed E-state index contributed by atoms with van der Waals surface area (Å²) in [6.45, 7) is 2.27. The van der Waals surface area contributed by atoms with Gasteiger partial charge in [0.2, 0.25) is 15.9 Å². The Bertz CT molecular complexity index is 803. The molecule has 0 spiro atoms. The number of aryl methyl sites for hydroxylation is 2. The minimum atomic E-state index is -3.55. The summed E-state index contributed by atoms with van der Waals surface area (Å²) in [5.41, 5.74) is 2.02. The van der Waals surface area contributed by atoms with Gasteiger partial charge in [-0.25, -0.2) is 13.1 Å². The van der Waals surface area contributed by atoms with Gasteiger partial charge in [0.25, 0.3) is 0 Å². The van der Waals surface area contributed by atoms with Crippen LogP contribution in [-0.4, -0.2) is 27.4 Å². The summed E-state index contributed by atoms with van der Waals surface area (Å²) in [6, 6.07) is 13.9. The number of nitrogens with one attached hydrogen (secondary N) is 2. The van der Waals surface area contributed by atoms with Crippen molar-refractivity contribution in [3.63, 3.8) is 0 Å². The van der Waals surface area contributed by atoms with Crippen LogP contribution in [-0.2, 0) is 21.2 Å². The van der Waals surface area contributed by atoms with Crippen molar-refractivity contribution in [3.05, 3.63) is 64.7 Å². The summed E-state index contributed by atoms with van der Waals surface area (Å²) < 4.78 is 26.7. The van der Waals surface area contributed by atoms with Crippen molar-refractivity contribution in [1.29, 1.82) is 0 Å². The second-order valence-electron chi connectivity index (χ2n) is 5.69. The quantitative estimate of drug-likeness (QED) is 0.691. The molecule has 25 heavy (non-hydrogen) atoms. The lowest BCUT2D eigenvalue weighted by Gasteiger charge is -2.08. The number of amides is 1. The molecule has 5 nitrogen and oxygen atoms in total. The highest BCUT2D eigenvalue weighted by atomic mass is 35.5. The van der Waals surface area contributed by atoms with Gasteiger partial charge in [-0.2, -0.15) is 0 Å². The fourth-order valence-electron chi connectivity index (χ4n) is 2.19. The van der Waals surface area contributed by atoms with Crippen molar-refractivity contribution in [2.45, 2.75) is 24.7 Å². The Morgan fingerprint density at radius 1 is 1.00 bits per heavy atom. The molecule has 134 valence electrons. The predicted octanol–water partition coefficient (Wildman–Crippen LogP) is 2.68. The SMILES string of the molecule is Cc1ccc(S(=O)(=O)NCCNC(=O)CCc2ccc(Cl)cc2)cc1. The molecule has 2 aromatic carbocycles. The number of carbonyl (C=O) groups is 1. The summed E-state index contributed by atoms with van der Waals surface area (Å²) in [4.78, 5) is 12.0. The van der Waals surface area contributed by atoms with Crippen LogP contribution in [0.15, 0.2) is 53.4 Å². The topological polar surface area (TPSA) is 75.3 Å². The Balaban J connectivity index is 1.70. The van der Waals surface area contributed by atoms with Gasteiger partial charge in [0.15, 0.2) is 0 Å². The van der Waals surface area contributed by atoms with E-state index in [9.17, 15) is 13.2 Å². The Labute approximate surface area is 153 Å². The van der Waals surface area contributed by atoms with E-state index in [1.54, 1.807) is 36.4 Å². The van der Waals surface area contributed by atoms with Crippen molar-refractivity contribution in [3.8, 4) is 0 Å². The van der Waals surface area contributed by atoms with Crippen LogP contribution in [0.1, 0.15) is 17.5 Å². The van der Waals surface area contributed by atoms with Crippen LogP contribution in [0.4, 0.5) is 0 Å². The average molecular weight is 381 g/mol. The van der Waals surface area contributed by atoms with Crippen molar-refractivity contribution >= 4 is 27.5 Å². The van der Waals surface area contributed by atoms with Crippen LogP contribution in [0.25, 0.3) is 0 Å². The molecule has 0 aliphatic carbocycles. The smallest absolute Gasteiger partial charge is 0.240 e. The van der Waals surface area contributed by atoms with Gasteiger partial charge >= 0.3 is 0 Å². The van der Waals surface area contributed by atoms with E-state index in [0.29, 0.717) is 17.9 Å². The van der Waals surface area contributed by atoms with Gasteiger partial charge in [0.05, 0.1) is 4.90 Å². The van der Waals surface area contributed by atoms with E-state index in [2.05, 4.69) is 10.0 Å². The molecule has 0 saturated heterocycles. The van der Waals surface area contributed by atoms with Gasteiger partial charge in [0, 0.05) is 24.5 Å². The molecule has 0 atom stereocenters. The zero-order valence-corrected chi connectivity index (χ0v) is 15.5. The van der Waals surface area contributed by atoms with Crippen LogP contribution in [0, 0.1) is 6.92 Å². The molecule has 7 heteroatoms. The fraction of sp³-hybridized carbons (Fsp3) is 0.278. The van der Waals surface area contributed by atoms with E-state index in [0.717, 1.165) is 11.1 Å². The van der Waals surface area contributed by atoms with E-state index in [1.165, 1.54) is 0 Å². The molecule has 0 fully saturated rings. The molecule has 0 unspecified atom stereocenters. The Morgan fingerprint density at radius 2 is 1.64 bits per heavy atom. The highest BCUT2D eigenvalue weighted by Crippen LogP contribution is 2.11. The van der Waals surface area contributed by atoms with Crippen molar-refractivity contribution in [2.75, 3.05) is 13.1 Å². The second-order valence-corrected chi connectivity index (χ2v) is 7.89. The Hall–Kier alpha value is -1.89. The van der Waals surface area contributed by atoms with Gasteiger partial charge in [-0.05, 0) is 43.2 Å². The van der Waals surface area contributed by atoms with Crippen LogP contribution in [0.3, 0.4) is 0 Å². The van der Waals surface area contributed by atoms with Crippen molar-refractivity contribution in [1.82, 2.24) is 10.0 Å². The monoisotopic (exact) mass is 380 g/mol. The first kappa shape index (κ1) is 19.4. The largest absolute Gasteiger partial charge is 0.355 e. The number of carbonyl (C=O) groups excluding carboxylic acids is 1. The van der Waals surface area contributed by atoms with Gasteiger partial charge in [0.1, 0.15) is 0 Å². The van der Waals surface area contributed by atoms with Crippen molar-refractivity contribution in [2.24, 2.45) is 0 Å². The van der Waals surface area contributed by atoms with E-state index >= 15 is 0 Å². The lowest BCUT2D eigenvalue weighted by molar-refractivity contribution is -0.121. The zero-order chi connectivity index (χ0) is 18.3. The summed E-state index contributed by atoms with van der Waals surface area (Å²) in [6.07, 6.45) is 0.949. The van der Waals surface area contributed by atoms with Gasteiger partial charge < -0.3 is 5.32 Å². The Kier molecular flexibility index (Phi) is 6.99. The maximum Gasteiger partial charge on any atom is 0.240 e. The summed E-state index contributed by atoms with van der Waals surface area (Å²) in [7, 11) is -3.55. The average Bonchev–Trinajstić information content (AvgIpc) is 2.59. The first-order valence-electron chi connectivity index (χ1n) is 7.94. The van der Waals surface area contributed by atoms with E-state index < -0.39 is 10.0 Å². The third kappa shape index (κ3) is 6.49. The van der Waals surface area contributed by atoms with E-state index in [-0.39, 0.29) is 23.9 Å². The van der Waals surface area contributed by atoms with Gasteiger partial charge in [-0.15, -0.1) is 0 Å². The van der Waals surface area contributed by atoms with Crippen LogP contribution in [0.2, 0.25) is 5.02 Å². The summed E-state index contributed by atoms with van der Waals surface area (Å²) in [5.74, 6) is -0.121. The molecule has 2 aromatic rings. The normalized spacial score (nSPS) is 11.3. The fourth-order valence-corrected chi connectivity index (χ4v) is 3.34. The lowest BCUT2D eigenvalue weighted by atomic mass is 10.1. The number of benzene rings is 2. The molecule has 0 aromatic heterocycles. The third-order valence-electron chi connectivity index (χ3n) is 3.62.